The lowest BCUT2D eigenvalue weighted by Gasteiger charge is -2.38. The van der Waals surface area contributed by atoms with E-state index in [0.717, 1.165) is 22.3 Å². The van der Waals surface area contributed by atoms with Crippen molar-refractivity contribution < 1.29 is 18.9 Å². The molecule has 8 heteroatoms. The van der Waals surface area contributed by atoms with E-state index >= 15 is 0 Å². The molecule has 39 heavy (non-hydrogen) atoms. The van der Waals surface area contributed by atoms with Gasteiger partial charge in [0, 0.05) is 0 Å². The van der Waals surface area contributed by atoms with E-state index in [1.807, 2.05) is 60.7 Å². The molecule has 0 saturated carbocycles. The van der Waals surface area contributed by atoms with E-state index in [1.54, 1.807) is 0 Å². The summed E-state index contributed by atoms with van der Waals surface area (Å²) in [6.45, 7) is 2.16. The van der Waals surface area contributed by atoms with Crippen molar-refractivity contribution in [2.24, 2.45) is 0 Å². The van der Waals surface area contributed by atoms with Crippen LogP contribution in [0.2, 0.25) is 0 Å². The number of anilines is 4. The van der Waals surface area contributed by atoms with Crippen LogP contribution in [0.3, 0.4) is 0 Å². The second-order valence-electron chi connectivity index (χ2n) is 9.98. The molecule has 0 aromatic heterocycles. The van der Waals surface area contributed by atoms with Crippen molar-refractivity contribution in [2.45, 2.75) is 17.6 Å². The van der Waals surface area contributed by atoms with Crippen LogP contribution in [0.25, 0.3) is 0 Å². The van der Waals surface area contributed by atoms with Crippen molar-refractivity contribution in [3.63, 3.8) is 0 Å². The fourth-order valence-corrected chi connectivity index (χ4v) is 5.17. The Labute approximate surface area is 227 Å². The maximum absolute atomic E-state index is 6.59. The number of epoxide rings is 2. The molecular formula is C31H32N4O4. The average molecular weight is 525 g/mol. The highest BCUT2D eigenvalue weighted by atomic mass is 16.6. The van der Waals surface area contributed by atoms with Crippen LogP contribution in [-0.4, -0.2) is 38.6 Å². The molecule has 2 heterocycles. The third kappa shape index (κ3) is 4.80. The number of rotatable bonds is 10. The summed E-state index contributed by atoms with van der Waals surface area (Å²) in [5.74, 6) is 0.906. The summed E-state index contributed by atoms with van der Waals surface area (Å²) in [6.07, 6.45) is 0.156. The first kappa shape index (κ1) is 24.9. The van der Waals surface area contributed by atoms with Gasteiger partial charge in [-0.1, -0.05) is 60.7 Å². The van der Waals surface area contributed by atoms with Gasteiger partial charge in [0.15, 0.2) is 11.5 Å². The first-order valence-electron chi connectivity index (χ1n) is 13.0. The van der Waals surface area contributed by atoms with Crippen molar-refractivity contribution in [1.82, 2.24) is 0 Å². The van der Waals surface area contributed by atoms with Crippen LogP contribution in [0.5, 0.6) is 11.5 Å². The molecule has 8 N–H and O–H groups in total. The van der Waals surface area contributed by atoms with Crippen molar-refractivity contribution >= 4 is 22.7 Å². The van der Waals surface area contributed by atoms with Gasteiger partial charge in [-0.25, -0.2) is 0 Å². The molecular weight excluding hydrogens is 492 g/mol. The Hall–Kier alpha value is -4.40. The third-order valence-corrected chi connectivity index (χ3v) is 7.20. The Kier molecular flexibility index (Phi) is 6.42. The second kappa shape index (κ2) is 10.1. The predicted octanol–water partition coefficient (Wildman–Crippen LogP) is 3.95. The Morgan fingerprint density at radius 1 is 0.564 bits per heavy atom. The summed E-state index contributed by atoms with van der Waals surface area (Å²) in [7, 11) is 0. The number of hydrogen-bond acceptors (Lipinski definition) is 8. The Morgan fingerprint density at radius 3 is 1.21 bits per heavy atom. The highest BCUT2D eigenvalue weighted by Crippen LogP contribution is 2.50. The van der Waals surface area contributed by atoms with Crippen molar-refractivity contribution in [1.29, 1.82) is 0 Å². The zero-order valence-electron chi connectivity index (χ0n) is 21.5. The molecule has 6 rings (SSSR count). The van der Waals surface area contributed by atoms with Gasteiger partial charge in [0.2, 0.25) is 0 Å². The van der Waals surface area contributed by atoms with Gasteiger partial charge in [-0.05, 0) is 46.5 Å². The lowest BCUT2D eigenvalue weighted by molar-refractivity contribution is 0.265. The smallest absolute Gasteiger partial charge is 0.165 e. The summed E-state index contributed by atoms with van der Waals surface area (Å²) in [5, 5.41) is 0. The van der Waals surface area contributed by atoms with Gasteiger partial charge in [-0.2, -0.15) is 0 Å². The molecule has 0 spiro atoms. The molecule has 2 aliphatic rings. The summed E-state index contributed by atoms with van der Waals surface area (Å²) in [5.41, 5.74) is 30.9. The fraction of sp³-hybridized carbons (Fsp3) is 0.226. The fourth-order valence-electron chi connectivity index (χ4n) is 5.17. The number of nitrogens with two attached hydrogens (primary N) is 4. The standard InChI is InChI=1S/C31H32N4O4/c32-25-11-21(12-26(33)29(25)38-17-23-15-36-23)31(19-7-3-1-4-8-19,20-9-5-2-6-10-20)22-13-27(34)30(28(35)14-22)39-18-24-16-37-24/h1-14,23-24H,15-18,32-35H2. The van der Waals surface area contributed by atoms with Crippen LogP contribution in [0, 0.1) is 0 Å². The number of nitrogen functional groups attached to an aromatic ring is 4. The van der Waals surface area contributed by atoms with Gasteiger partial charge in [0.1, 0.15) is 25.4 Å². The van der Waals surface area contributed by atoms with E-state index in [1.165, 1.54) is 0 Å². The molecule has 0 aliphatic carbocycles. The van der Waals surface area contributed by atoms with Crippen molar-refractivity contribution in [3.8, 4) is 11.5 Å². The number of ether oxygens (including phenoxy) is 4. The average Bonchev–Trinajstić information content (AvgIpc) is 3.86. The minimum Gasteiger partial charge on any atom is -0.486 e. The van der Waals surface area contributed by atoms with E-state index in [4.69, 9.17) is 41.9 Å². The van der Waals surface area contributed by atoms with Crippen LogP contribution in [0.15, 0.2) is 84.9 Å². The van der Waals surface area contributed by atoms with Crippen LogP contribution < -0.4 is 32.4 Å². The van der Waals surface area contributed by atoms with Crippen LogP contribution in [-0.2, 0) is 14.9 Å². The highest BCUT2D eigenvalue weighted by Gasteiger charge is 2.40. The SMILES string of the molecule is Nc1cc(C(c2ccccc2)(c2ccccc2)c2cc(N)c(OCC3CO3)c(N)c2)cc(N)c1OCC1CO1. The minimum atomic E-state index is -0.858. The quantitative estimate of drug-likeness (QED) is 0.138. The minimum absolute atomic E-state index is 0.0781. The van der Waals surface area contributed by atoms with Gasteiger partial charge >= 0.3 is 0 Å². The molecule has 4 aromatic rings. The second-order valence-corrected chi connectivity index (χ2v) is 9.98. The monoisotopic (exact) mass is 524 g/mol. The molecule has 4 aromatic carbocycles. The molecule has 0 bridgehead atoms. The van der Waals surface area contributed by atoms with Gasteiger partial charge < -0.3 is 41.9 Å². The molecule has 2 atom stereocenters. The van der Waals surface area contributed by atoms with Gasteiger partial charge in [-0.15, -0.1) is 0 Å². The zero-order chi connectivity index (χ0) is 27.0. The molecule has 8 nitrogen and oxygen atoms in total. The van der Waals surface area contributed by atoms with Crippen molar-refractivity contribution in [2.75, 3.05) is 49.4 Å². The Morgan fingerprint density at radius 2 is 0.897 bits per heavy atom. The zero-order valence-corrected chi connectivity index (χ0v) is 21.5. The largest absolute Gasteiger partial charge is 0.486 e. The summed E-state index contributed by atoms with van der Waals surface area (Å²) < 4.78 is 22.4. The Bertz CT molecular complexity index is 1310. The van der Waals surface area contributed by atoms with Crippen LogP contribution in [0.1, 0.15) is 22.3 Å². The first-order valence-corrected chi connectivity index (χ1v) is 13.0. The topological polar surface area (TPSA) is 148 Å². The van der Waals surface area contributed by atoms with E-state index in [0.29, 0.717) is 60.7 Å². The van der Waals surface area contributed by atoms with Crippen molar-refractivity contribution in [3.05, 3.63) is 107 Å². The molecule has 0 radical (unpaired) electrons. The van der Waals surface area contributed by atoms with E-state index in [-0.39, 0.29) is 12.2 Å². The summed E-state index contributed by atoms with van der Waals surface area (Å²) in [4.78, 5) is 0. The maximum atomic E-state index is 6.59. The van der Waals surface area contributed by atoms with Gasteiger partial charge in [0.25, 0.3) is 0 Å². The van der Waals surface area contributed by atoms with E-state index < -0.39 is 5.41 Å². The lowest BCUT2D eigenvalue weighted by Crippen LogP contribution is -2.31. The first-order chi connectivity index (χ1) is 19.0. The highest BCUT2D eigenvalue weighted by molar-refractivity contribution is 5.76. The lowest BCUT2D eigenvalue weighted by atomic mass is 9.64. The molecule has 2 fully saturated rings. The van der Waals surface area contributed by atoms with Gasteiger partial charge in [-0.3, -0.25) is 0 Å². The summed E-state index contributed by atoms with van der Waals surface area (Å²) in [6, 6.07) is 28.0. The molecule has 2 unspecified atom stereocenters. The molecule has 200 valence electrons. The molecule has 0 amide bonds. The van der Waals surface area contributed by atoms with Crippen LogP contribution >= 0.6 is 0 Å². The third-order valence-electron chi connectivity index (χ3n) is 7.20. The predicted molar refractivity (Wildman–Crippen MR) is 153 cm³/mol. The normalized spacial score (nSPS) is 17.9. The van der Waals surface area contributed by atoms with E-state index in [9.17, 15) is 0 Å². The Balaban J connectivity index is 1.57. The number of hydrogen-bond donors (Lipinski definition) is 4. The molecule has 2 saturated heterocycles. The van der Waals surface area contributed by atoms with Crippen LogP contribution in [0.4, 0.5) is 22.7 Å². The summed E-state index contributed by atoms with van der Waals surface area (Å²) >= 11 is 0. The van der Waals surface area contributed by atoms with E-state index in [2.05, 4.69) is 24.3 Å². The maximum Gasteiger partial charge on any atom is 0.165 e. The number of benzene rings is 4. The molecule has 2 aliphatic heterocycles. The van der Waals surface area contributed by atoms with Gasteiger partial charge in [0.05, 0.1) is 41.4 Å².